The summed E-state index contributed by atoms with van der Waals surface area (Å²) in [5.74, 6) is 0.926. The van der Waals surface area contributed by atoms with Gasteiger partial charge in [0.25, 0.3) is 0 Å². The van der Waals surface area contributed by atoms with E-state index in [-0.39, 0.29) is 0 Å². The van der Waals surface area contributed by atoms with E-state index in [1.165, 1.54) is 38.6 Å². The van der Waals surface area contributed by atoms with Gasteiger partial charge in [0.1, 0.15) is 0 Å². The van der Waals surface area contributed by atoms with Crippen molar-refractivity contribution in [3.05, 3.63) is 0 Å². The summed E-state index contributed by atoms with van der Waals surface area (Å²) in [6.45, 7) is 6.02. The van der Waals surface area contributed by atoms with Gasteiger partial charge in [-0.05, 0) is 38.8 Å². The van der Waals surface area contributed by atoms with Gasteiger partial charge in [0.05, 0.1) is 0 Å². The maximum Gasteiger partial charge on any atom is 0.0118 e. The van der Waals surface area contributed by atoms with Crippen molar-refractivity contribution in [1.82, 2.24) is 4.90 Å². The van der Waals surface area contributed by atoms with Crippen molar-refractivity contribution >= 4 is 0 Å². The zero-order valence-electron chi connectivity index (χ0n) is 8.84. The maximum atomic E-state index is 2.56. The number of hydrogen-bond donors (Lipinski definition) is 0. The fourth-order valence-electron chi connectivity index (χ4n) is 2.37. The van der Waals surface area contributed by atoms with Gasteiger partial charge in [-0.1, -0.05) is 26.7 Å². The van der Waals surface area contributed by atoms with Crippen molar-refractivity contribution < 1.29 is 0 Å². The molecule has 0 saturated carbocycles. The summed E-state index contributed by atoms with van der Waals surface area (Å²) in [5.41, 5.74) is 0. The Balaban J connectivity index is 2.34. The Morgan fingerprint density at radius 2 is 2.17 bits per heavy atom. The average Bonchev–Trinajstić information content (AvgIpc) is 2.04. The Hall–Kier alpha value is -0.0400. The van der Waals surface area contributed by atoms with Crippen LogP contribution in [-0.2, 0) is 0 Å². The first kappa shape index (κ1) is 10.0. The van der Waals surface area contributed by atoms with Crippen molar-refractivity contribution in [2.45, 2.75) is 52.0 Å². The number of likely N-dealkylation sites (tertiary alicyclic amines) is 1. The van der Waals surface area contributed by atoms with E-state index in [0.29, 0.717) is 0 Å². The first-order valence-corrected chi connectivity index (χ1v) is 5.46. The summed E-state index contributed by atoms with van der Waals surface area (Å²) in [4.78, 5) is 2.56. The fraction of sp³-hybridized carbons (Fsp3) is 1.00. The van der Waals surface area contributed by atoms with Crippen molar-refractivity contribution in [2.75, 3.05) is 13.6 Å². The van der Waals surface area contributed by atoms with Crippen LogP contribution in [-0.4, -0.2) is 24.5 Å². The molecule has 1 nitrogen and oxygen atoms in total. The normalized spacial score (nSPS) is 32.2. The van der Waals surface area contributed by atoms with Gasteiger partial charge < -0.3 is 4.90 Å². The second kappa shape index (κ2) is 4.86. The van der Waals surface area contributed by atoms with Crippen LogP contribution < -0.4 is 0 Å². The second-order valence-corrected chi connectivity index (χ2v) is 4.31. The zero-order chi connectivity index (χ0) is 8.97. The molecular formula is C11H23N. The van der Waals surface area contributed by atoms with Crippen LogP contribution in [0.2, 0.25) is 0 Å². The first-order chi connectivity index (χ1) is 5.75. The predicted octanol–water partition coefficient (Wildman–Crippen LogP) is 2.91. The lowest BCUT2D eigenvalue weighted by Gasteiger charge is -2.37. The third-order valence-corrected chi connectivity index (χ3v) is 3.25. The molecule has 2 unspecified atom stereocenters. The topological polar surface area (TPSA) is 3.24 Å². The molecule has 1 heterocycles. The van der Waals surface area contributed by atoms with Crippen LogP contribution in [0, 0.1) is 5.92 Å². The van der Waals surface area contributed by atoms with Gasteiger partial charge in [-0.2, -0.15) is 0 Å². The average molecular weight is 169 g/mol. The summed E-state index contributed by atoms with van der Waals surface area (Å²) in [7, 11) is 2.29. The predicted molar refractivity (Wildman–Crippen MR) is 54.3 cm³/mol. The molecule has 0 amide bonds. The molecule has 0 aromatic rings. The van der Waals surface area contributed by atoms with Gasteiger partial charge in [-0.3, -0.25) is 0 Å². The van der Waals surface area contributed by atoms with Gasteiger partial charge in [0.2, 0.25) is 0 Å². The molecule has 1 saturated heterocycles. The van der Waals surface area contributed by atoms with E-state index in [0.717, 1.165) is 12.0 Å². The highest BCUT2D eigenvalue weighted by molar-refractivity contribution is 4.79. The molecule has 0 N–H and O–H groups in total. The van der Waals surface area contributed by atoms with Gasteiger partial charge >= 0.3 is 0 Å². The molecule has 0 radical (unpaired) electrons. The Kier molecular flexibility index (Phi) is 4.07. The standard InChI is InChI=1S/C11H23N/c1-4-5-8-11-10(2)7-6-9-12(11)3/h10-11H,4-9H2,1-3H3. The Morgan fingerprint density at radius 3 is 2.75 bits per heavy atom. The first-order valence-electron chi connectivity index (χ1n) is 5.46. The highest BCUT2D eigenvalue weighted by atomic mass is 15.1. The number of nitrogens with zero attached hydrogens (tertiary/aromatic N) is 1. The number of rotatable bonds is 3. The second-order valence-electron chi connectivity index (χ2n) is 4.31. The lowest BCUT2D eigenvalue weighted by atomic mass is 9.88. The Morgan fingerprint density at radius 1 is 1.42 bits per heavy atom. The smallest absolute Gasteiger partial charge is 0.0118 e. The summed E-state index contributed by atoms with van der Waals surface area (Å²) < 4.78 is 0. The zero-order valence-corrected chi connectivity index (χ0v) is 8.84. The van der Waals surface area contributed by atoms with Gasteiger partial charge in [-0.15, -0.1) is 0 Å². The molecule has 0 aromatic heterocycles. The molecule has 72 valence electrons. The van der Waals surface area contributed by atoms with Crippen LogP contribution in [0.25, 0.3) is 0 Å². The molecule has 1 aliphatic heterocycles. The van der Waals surface area contributed by atoms with E-state index in [1.807, 2.05) is 0 Å². The van der Waals surface area contributed by atoms with E-state index in [2.05, 4.69) is 25.8 Å². The Labute approximate surface area is 77.1 Å². The summed E-state index contributed by atoms with van der Waals surface area (Å²) >= 11 is 0. The lowest BCUT2D eigenvalue weighted by molar-refractivity contribution is 0.121. The lowest BCUT2D eigenvalue weighted by Crippen LogP contribution is -2.41. The van der Waals surface area contributed by atoms with Crippen LogP contribution in [0.5, 0.6) is 0 Å². The molecule has 0 aliphatic carbocycles. The minimum Gasteiger partial charge on any atom is -0.303 e. The molecule has 1 fully saturated rings. The highest BCUT2D eigenvalue weighted by Crippen LogP contribution is 2.25. The fourth-order valence-corrected chi connectivity index (χ4v) is 2.37. The van der Waals surface area contributed by atoms with E-state index in [4.69, 9.17) is 0 Å². The minimum absolute atomic E-state index is 0.874. The van der Waals surface area contributed by atoms with Crippen molar-refractivity contribution in [2.24, 2.45) is 5.92 Å². The van der Waals surface area contributed by atoms with Crippen LogP contribution in [0.3, 0.4) is 0 Å². The molecule has 1 heteroatoms. The number of piperidine rings is 1. The van der Waals surface area contributed by atoms with E-state index >= 15 is 0 Å². The van der Waals surface area contributed by atoms with Crippen molar-refractivity contribution in [3.8, 4) is 0 Å². The van der Waals surface area contributed by atoms with Crippen molar-refractivity contribution in [1.29, 1.82) is 0 Å². The molecule has 1 rings (SSSR count). The molecule has 0 aromatic carbocycles. The van der Waals surface area contributed by atoms with Crippen LogP contribution in [0.15, 0.2) is 0 Å². The molecular weight excluding hydrogens is 146 g/mol. The summed E-state index contributed by atoms with van der Waals surface area (Å²) in [6.07, 6.45) is 7.00. The number of hydrogen-bond acceptors (Lipinski definition) is 1. The molecule has 0 spiro atoms. The summed E-state index contributed by atoms with van der Waals surface area (Å²) in [5, 5.41) is 0. The van der Waals surface area contributed by atoms with Crippen LogP contribution in [0.1, 0.15) is 46.0 Å². The maximum absolute atomic E-state index is 2.56. The van der Waals surface area contributed by atoms with E-state index in [9.17, 15) is 0 Å². The third-order valence-electron chi connectivity index (χ3n) is 3.25. The largest absolute Gasteiger partial charge is 0.303 e. The third kappa shape index (κ3) is 2.48. The highest BCUT2D eigenvalue weighted by Gasteiger charge is 2.24. The van der Waals surface area contributed by atoms with E-state index < -0.39 is 0 Å². The quantitative estimate of drug-likeness (QED) is 0.628. The van der Waals surface area contributed by atoms with Crippen LogP contribution >= 0.6 is 0 Å². The van der Waals surface area contributed by atoms with Gasteiger partial charge in [0, 0.05) is 6.04 Å². The number of unbranched alkanes of at least 4 members (excludes halogenated alkanes) is 1. The molecule has 0 bridgehead atoms. The van der Waals surface area contributed by atoms with Gasteiger partial charge in [-0.25, -0.2) is 0 Å². The monoisotopic (exact) mass is 169 g/mol. The molecule has 12 heavy (non-hydrogen) atoms. The van der Waals surface area contributed by atoms with Gasteiger partial charge in [0.15, 0.2) is 0 Å². The van der Waals surface area contributed by atoms with Crippen molar-refractivity contribution in [3.63, 3.8) is 0 Å². The minimum atomic E-state index is 0.874. The Bertz CT molecular complexity index is 112. The van der Waals surface area contributed by atoms with Crippen LogP contribution in [0.4, 0.5) is 0 Å². The summed E-state index contributed by atoms with van der Waals surface area (Å²) in [6, 6.07) is 0.874. The SMILES string of the molecule is CCCCC1C(C)CCCN1C. The molecule has 2 atom stereocenters. The van der Waals surface area contributed by atoms with E-state index in [1.54, 1.807) is 0 Å². The molecule has 1 aliphatic rings.